The maximum Gasteiger partial charge on any atom is 0.416 e. The monoisotopic (exact) mass is 290 g/mol. The molecule has 2 aromatic rings. The van der Waals surface area contributed by atoms with Crippen LogP contribution in [0.2, 0.25) is 5.02 Å². The molecule has 6 heteroatoms. The van der Waals surface area contributed by atoms with Crippen LogP contribution in [-0.4, -0.2) is 5.11 Å². The average Bonchev–Trinajstić information content (AvgIpc) is 2.31. The summed E-state index contributed by atoms with van der Waals surface area (Å²) >= 11 is 5.57. The van der Waals surface area contributed by atoms with E-state index >= 15 is 0 Å². The van der Waals surface area contributed by atoms with Crippen molar-refractivity contribution in [2.45, 2.75) is 6.18 Å². The fraction of sp³-hybridized carbons (Fsp3) is 0.0769. The number of hydrogen-bond donors (Lipinski definition) is 1. The zero-order valence-corrected chi connectivity index (χ0v) is 10.1. The first-order chi connectivity index (χ1) is 8.77. The van der Waals surface area contributed by atoms with E-state index in [0.717, 1.165) is 18.2 Å². The molecule has 0 radical (unpaired) electrons. The van der Waals surface area contributed by atoms with Gasteiger partial charge in [0.2, 0.25) is 0 Å². The van der Waals surface area contributed by atoms with Crippen molar-refractivity contribution in [3.05, 3.63) is 52.8 Å². The van der Waals surface area contributed by atoms with Crippen LogP contribution >= 0.6 is 11.6 Å². The first-order valence-electron chi connectivity index (χ1n) is 5.14. The molecule has 0 aliphatic heterocycles. The van der Waals surface area contributed by atoms with Crippen molar-refractivity contribution in [3.63, 3.8) is 0 Å². The fourth-order valence-corrected chi connectivity index (χ4v) is 1.80. The van der Waals surface area contributed by atoms with Crippen LogP contribution in [0.5, 0.6) is 5.75 Å². The van der Waals surface area contributed by atoms with E-state index < -0.39 is 23.3 Å². The lowest BCUT2D eigenvalue weighted by Gasteiger charge is -2.10. The van der Waals surface area contributed by atoms with Crippen molar-refractivity contribution in [2.24, 2.45) is 0 Å². The molecular formula is C13H7ClF4O. The molecular weight excluding hydrogens is 284 g/mol. The summed E-state index contributed by atoms with van der Waals surface area (Å²) in [6.45, 7) is 0. The second kappa shape index (κ2) is 4.74. The highest BCUT2D eigenvalue weighted by molar-refractivity contribution is 6.31. The van der Waals surface area contributed by atoms with Crippen molar-refractivity contribution in [1.29, 1.82) is 0 Å². The van der Waals surface area contributed by atoms with Crippen molar-refractivity contribution in [1.82, 2.24) is 0 Å². The molecule has 0 amide bonds. The summed E-state index contributed by atoms with van der Waals surface area (Å²) in [7, 11) is 0. The maximum absolute atomic E-state index is 13.0. The third kappa shape index (κ3) is 2.98. The predicted octanol–water partition coefficient (Wildman–Crippen LogP) is 4.87. The standard InChI is InChI=1S/C13H7ClF4O/c14-11-5-7(1-2-12(11)15)8-3-9(13(16,17)18)6-10(19)4-8/h1-6,19H. The highest BCUT2D eigenvalue weighted by Gasteiger charge is 2.31. The zero-order valence-electron chi connectivity index (χ0n) is 9.30. The van der Waals surface area contributed by atoms with Gasteiger partial charge >= 0.3 is 6.18 Å². The summed E-state index contributed by atoms with van der Waals surface area (Å²) in [6, 6.07) is 6.17. The summed E-state index contributed by atoms with van der Waals surface area (Å²) in [5.74, 6) is -1.19. The lowest BCUT2D eigenvalue weighted by molar-refractivity contribution is -0.137. The first-order valence-corrected chi connectivity index (χ1v) is 5.52. The molecule has 0 unspecified atom stereocenters. The Hall–Kier alpha value is -1.75. The van der Waals surface area contributed by atoms with Gasteiger partial charge in [0.15, 0.2) is 0 Å². The van der Waals surface area contributed by atoms with Gasteiger partial charge in [0.25, 0.3) is 0 Å². The quantitative estimate of drug-likeness (QED) is 0.743. The zero-order chi connectivity index (χ0) is 14.2. The first kappa shape index (κ1) is 13.7. The van der Waals surface area contributed by atoms with Crippen molar-refractivity contribution < 1.29 is 22.7 Å². The Morgan fingerprint density at radius 2 is 1.63 bits per heavy atom. The van der Waals surface area contributed by atoms with Gasteiger partial charge in [0.05, 0.1) is 10.6 Å². The molecule has 0 aliphatic rings. The Morgan fingerprint density at radius 3 is 2.21 bits per heavy atom. The molecule has 1 N–H and O–H groups in total. The van der Waals surface area contributed by atoms with Gasteiger partial charge in [-0.25, -0.2) is 4.39 Å². The van der Waals surface area contributed by atoms with Gasteiger partial charge in [-0.15, -0.1) is 0 Å². The second-order valence-electron chi connectivity index (χ2n) is 3.90. The number of rotatable bonds is 1. The minimum absolute atomic E-state index is 0.106. The highest BCUT2D eigenvalue weighted by atomic mass is 35.5. The summed E-state index contributed by atoms with van der Waals surface area (Å²) in [6.07, 6.45) is -4.57. The lowest BCUT2D eigenvalue weighted by Crippen LogP contribution is -2.04. The molecule has 19 heavy (non-hydrogen) atoms. The van der Waals surface area contributed by atoms with Gasteiger partial charge in [0.1, 0.15) is 11.6 Å². The van der Waals surface area contributed by atoms with Crippen molar-refractivity contribution in [3.8, 4) is 16.9 Å². The Labute approximate surface area is 111 Å². The van der Waals surface area contributed by atoms with E-state index in [1.54, 1.807) is 0 Å². The van der Waals surface area contributed by atoms with Crippen LogP contribution in [0.25, 0.3) is 11.1 Å². The minimum Gasteiger partial charge on any atom is -0.508 e. The Morgan fingerprint density at radius 1 is 0.947 bits per heavy atom. The third-order valence-corrected chi connectivity index (χ3v) is 2.79. The highest BCUT2D eigenvalue weighted by Crippen LogP contribution is 2.35. The number of phenols is 1. The van der Waals surface area contributed by atoms with Crippen LogP contribution < -0.4 is 0 Å². The Bertz CT molecular complexity index is 623. The number of phenolic OH excluding ortho intramolecular Hbond substituents is 1. The minimum atomic E-state index is -4.57. The number of benzene rings is 2. The number of aromatic hydroxyl groups is 1. The van der Waals surface area contributed by atoms with Crippen LogP contribution in [0.15, 0.2) is 36.4 Å². The number of halogens is 5. The molecule has 100 valence electrons. The average molecular weight is 291 g/mol. The van der Waals surface area contributed by atoms with E-state index in [2.05, 4.69) is 0 Å². The molecule has 2 aromatic carbocycles. The molecule has 1 nitrogen and oxygen atoms in total. The topological polar surface area (TPSA) is 20.2 Å². The third-order valence-electron chi connectivity index (χ3n) is 2.50. The Balaban J connectivity index is 2.56. The summed E-state index contributed by atoms with van der Waals surface area (Å²) in [5, 5.41) is 9.14. The number of alkyl halides is 3. The smallest absolute Gasteiger partial charge is 0.416 e. The van der Waals surface area contributed by atoms with Gasteiger partial charge in [-0.2, -0.15) is 13.2 Å². The van der Waals surface area contributed by atoms with Gasteiger partial charge in [-0.05, 0) is 41.5 Å². The molecule has 2 rings (SSSR count). The van der Waals surface area contributed by atoms with Crippen LogP contribution in [0.4, 0.5) is 17.6 Å². The molecule has 0 spiro atoms. The summed E-state index contributed by atoms with van der Waals surface area (Å²) < 4.78 is 50.8. The van der Waals surface area contributed by atoms with E-state index in [4.69, 9.17) is 11.6 Å². The normalized spacial score (nSPS) is 11.6. The second-order valence-corrected chi connectivity index (χ2v) is 4.30. The van der Waals surface area contributed by atoms with E-state index in [-0.39, 0.29) is 16.1 Å². The molecule has 0 aromatic heterocycles. The number of hydrogen-bond acceptors (Lipinski definition) is 1. The van der Waals surface area contributed by atoms with E-state index in [0.29, 0.717) is 6.07 Å². The maximum atomic E-state index is 13.0. The fourth-order valence-electron chi connectivity index (χ4n) is 1.62. The van der Waals surface area contributed by atoms with Crippen LogP contribution in [-0.2, 0) is 6.18 Å². The van der Waals surface area contributed by atoms with E-state index in [1.165, 1.54) is 12.1 Å². The van der Waals surface area contributed by atoms with Crippen LogP contribution in [0, 0.1) is 5.82 Å². The van der Waals surface area contributed by atoms with Gasteiger partial charge in [-0.3, -0.25) is 0 Å². The molecule has 0 saturated carbocycles. The van der Waals surface area contributed by atoms with Gasteiger partial charge < -0.3 is 5.11 Å². The lowest BCUT2D eigenvalue weighted by atomic mass is 10.0. The molecule has 0 atom stereocenters. The predicted molar refractivity (Wildman–Crippen MR) is 63.5 cm³/mol. The van der Waals surface area contributed by atoms with E-state index in [1.807, 2.05) is 0 Å². The molecule has 0 aliphatic carbocycles. The van der Waals surface area contributed by atoms with Crippen LogP contribution in [0.3, 0.4) is 0 Å². The molecule has 0 fully saturated rings. The Kier molecular flexibility index (Phi) is 3.41. The summed E-state index contributed by atoms with van der Waals surface area (Å²) in [4.78, 5) is 0. The van der Waals surface area contributed by atoms with Crippen LogP contribution in [0.1, 0.15) is 5.56 Å². The van der Waals surface area contributed by atoms with Gasteiger partial charge in [-0.1, -0.05) is 17.7 Å². The summed E-state index contributed by atoms with van der Waals surface area (Å²) in [5.41, 5.74) is -0.593. The largest absolute Gasteiger partial charge is 0.508 e. The van der Waals surface area contributed by atoms with Crippen molar-refractivity contribution in [2.75, 3.05) is 0 Å². The molecule has 0 saturated heterocycles. The molecule has 0 heterocycles. The van der Waals surface area contributed by atoms with E-state index in [9.17, 15) is 22.7 Å². The van der Waals surface area contributed by atoms with Gasteiger partial charge in [0, 0.05) is 0 Å². The van der Waals surface area contributed by atoms with Crippen molar-refractivity contribution >= 4 is 11.6 Å². The molecule has 0 bridgehead atoms. The SMILES string of the molecule is Oc1cc(-c2ccc(F)c(Cl)c2)cc(C(F)(F)F)c1.